The van der Waals surface area contributed by atoms with Crippen molar-refractivity contribution in [2.45, 2.75) is 264 Å². The van der Waals surface area contributed by atoms with Gasteiger partial charge in [-0.05, 0) is 44.9 Å². The molecule has 0 aromatic rings. The Morgan fingerprint density at radius 2 is 0.875 bits per heavy atom. The Kier molecular flexibility index (Phi) is 45.3. The lowest BCUT2D eigenvalue weighted by Crippen LogP contribution is -2.50. The van der Waals surface area contributed by atoms with Gasteiger partial charge in [0, 0.05) is 19.3 Å². The number of ether oxygens (including phenoxy) is 3. The molecule has 0 amide bonds. The van der Waals surface area contributed by atoms with E-state index in [0.717, 1.165) is 57.8 Å². The Balaban J connectivity index is 4.17. The van der Waals surface area contributed by atoms with Crippen molar-refractivity contribution >= 4 is 17.9 Å². The third kappa shape index (κ3) is 44.7. The lowest BCUT2D eigenvalue weighted by molar-refractivity contribution is -0.887. The van der Waals surface area contributed by atoms with Crippen molar-refractivity contribution in [3.8, 4) is 0 Å². The van der Waals surface area contributed by atoms with Gasteiger partial charge < -0.3 is 23.8 Å². The third-order valence-corrected chi connectivity index (χ3v) is 12.3. The maximum absolute atomic E-state index is 12.8. The topological polar surface area (TPSA) is 99.1 Å². The second-order valence-corrected chi connectivity index (χ2v) is 19.5. The molecule has 0 bridgehead atoms. The van der Waals surface area contributed by atoms with Gasteiger partial charge in [-0.25, -0.2) is 4.79 Å². The first-order valence-electron chi connectivity index (χ1n) is 27.0. The van der Waals surface area contributed by atoms with Gasteiger partial charge in [-0.15, -0.1) is 0 Å². The van der Waals surface area contributed by atoms with Crippen LogP contribution in [0.5, 0.6) is 0 Å². The van der Waals surface area contributed by atoms with Crippen LogP contribution in [-0.4, -0.2) is 80.6 Å². The fourth-order valence-corrected chi connectivity index (χ4v) is 8.17. The molecule has 0 spiro atoms. The molecular weight excluding hydrogens is 799 g/mol. The normalized spacial score (nSPS) is 13.1. The average molecular weight is 903 g/mol. The van der Waals surface area contributed by atoms with Crippen LogP contribution in [0.1, 0.15) is 251 Å². The van der Waals surface area contributed by atoms with Gasteiger partial charge in [-0.1, -0.05) is 224 Å². The highest BCUT2D eigenvalue weighted by atomic mass is 16.6. The summed E-state index contributed by atoms with van der Waals surface area (Å²) in [5.41, 5.74) is 0. The molecule has 2 atom stereocenters. The Bertz CT molecular complexity index is 1140. The molecule has 64 heavy (non-hydrogen) atoms. The fraction of sp³-hybridized carbons (Fsp3) is 0.839. The first-order chi connectivity index (χ1) is 31.1. The number of allylic oxidation sites excluding steroid dienone is 6. The van der Waals surface area contributed by atoms with Crippen LogP contribution in [0.4, 0.5) is 0 Å². The highest BCUT2D eigenvalue weighted by molar-refractivity contribution is 5.72. The number of carbonyl (C=O) groups excluding carboxylic acids is 2. The number of quaternary nitrogens is 1. The van der Waals surface area contributed by atoms with Crippen molar-refractivity contribution in [2.24, 2.45) is 0 Å². The van der Waals surface area contributed by atoms with Gasteiger partial charge >= 0.3 is 17.9 Å². The van der Waals surface area contributed by atoms with Gasteiger partial charge in [0.2, 0.25) is 0 Å². The van der Waals surface area contributed by atoms with E-state index < -0.39 is 18.1 Å². The number of carbonyl (C=O) groups is 3. The van der Waals surface area contributed by atoms with Crippen molar-refractivity contribution in [1.82, 2.24) is 0 Å². The van der Waals surface area contributed by atoms with Crippen molar-refractivity contribution in [2.75, 3.05) is 41.0 Å². The standard InChI is InChI=1S/C56H103NO7/c1-6-8-10-12-14-16-18-20-22-24-25-26-27-28-29-31-33-35-37-39-41-43-45-47-55(59)64-52(50-62-49-48-53(56(60)61)57(3,4)5)51-63-54(58)46-44-42-40-38-36-34-32-30-23-21-19-17-15-13-11-9-7-2/h8,10,14,16,20,22,52-53H,6-7,9,11-13,15,17-19,21,23-51H2,1-5H3/p+1/b10-8+,16-14+,22-20+. The summed E-state index contributed by atoms with van der Waals surface area (Å²) in [6, 6.07) is -0.613. The van der Waals surface area contributed by atoms with E-state index in [1.807, 2.05) is 21.1 Å². The van der Waals surface area contributed by atoms with Gasteiger partial charge in [-0.3, -0.25) is 9.59 Å². The van der Waals surface area contributed by atoms with Crippen molar-refractivity contribution < 1.29 is 38.2 Å². The average Bonchev–Trinajstić information content (AvgIpc) is 3.26. The second kappa shape index (κ2) is 47.1. The zero-order chi connectivity index (χ0) is 47.0. The van der Waals surface area contributed by atoms with Gasteiger partial charge in [0.25, 0.3) is 0 Å². The monoisotopic (exact) mass is 903 g/mol. The SMILES string of the molecule is CC/C=C/C/C=C/C/C=C/CCCCCCCCCCCCCCCC(=O)OC(COCCC(C(=O)O)[N+](C)(C)C)COC(=O)CCCCCCCCCCCCCCCCCCC. The van der Waals surface area contributed by atoms with E-state index in [-0.39, 0.29) is 36.2 Å². The summed E-state index contributed by atoms with van der Waals surface area (Å²) < 4.78 is 17.4. The van der Waals surface area contributed by atoms with Gasteiger partial charge in [0.15, 0.2) is 12.1 Å². The van der Waals surface area contributed by atoms with Crippen molar-refractivity contribution in [1.29, 1.82) is 0 Å². The van der Waals surface area contributed by atoms with Crippen LogP contribution in [0.25, 0.3) is 0 Å². The van der Waals surface area contributed by atoms with Crippen LogP contribution in [0.15, 0.2) is 36.5 Å². The predicted octanol–water partition coefficient (Wildman–Crippen LogP) is 15.8. The Labute approximate surface area is 395 Å². The number of likely N-dealkylation sites (N-methyl/N-ethyl adjacent to an activating group) is 1. The largest absolute Gasteiger partial charge is 0.477 e. The first-order valence-corrected chi connectivity index (χ1v) is 27.0. The lowest BCUT2D eigenvalue weighted by Gasteiger charge is -2.31. The van der Waals surface area contributed by atoms with Crippen molar-refractivity contribution in [3.63, 3.8) is 0 Å². The number of rotatable bonds is 49. The number of carboxylic acid groups (broad SMARTS) is 1. The van der Waals surface area contributed by atoms with E-state index in [4.69, 9.17) is 14.2 Å². The maximum atomic E-state index is 12.8. The maximum Gasteiger partial charge on any atom is 0.362 e. The molecule has 0 aliphatic rings. The molecule has 8 nitrogen and oxygen atoms in total. The molecule has 0 aromatic heterocycles. The number of hydrogen-bond donors (Lipinski definition) is 1. The zero-order valence-corrected chi connectivity index (χ0v) is 42.7. The zero-order valence-electron chi connectivity index (χ0n) is 42.7. The van der Waals surface area contributed by atoms with E-state index in [9.17, 15) is 19.5 Å². The summed E-state index contributed by atoms with van der Waals surface area (Å²) in [7, 11) is 5.55. The van der Waals surface area contributed by atoms with E-state index in [2.05, 4.69) is 50.3 Å². The third-order valence-electron chi connectivity index (χ3n) is 12.3. The number of carboxylic acids is 1. The summed E-state index contributed by atoms with van der Waals surface area (Å²) in [6.07, 6.45) is 56.2. The Morgan fingerprint density at radius 1 is 0.484 bits per heavy atom. The van der Waals surface area contributed by atoms with Crippen LogP contribution < -0.4 is 0 Å². The molecule has 0 saturated carbocycles. The summed E-state index contributed by atoms with van der Waals surface area (Å²) >= 11 is 0. The van der Waals surface area contributed by atoms with Crippen LogP contribution >= 0.6 is 0 Å². The fourth-order valence-electron chi connectivity index (χ4n) is 8.17. The van der Waals surface area contributed by atoms with E-state index in [1.54, 1.807) is 0 Å². The van der Waals surface area contributed by atoms with Crippen LogP contribution in [-0.2, 0) is 28.6 Å². The minimum atomic E-state index is -0.872. The molecule has 374 valence electrons. The minimum absolute atomic E-state index is 0.0467. The number of aliphatic carboxylic acids is 1. The summed E-state index contributed by atoms with van der Waals surface area (Å²) in [6.45, 7) is 4.67. The molecule has 0 heterocycles. The number of hydrogen-bond acceptors (Lipinski definition) is 6. The van der Waals surface area contributed by atoms with E-state index >= 15 is 0 Å². The predicted molar refractivity (Wildman–Crippen MR) is 271 cm³/mol. The molecule has 0 aromatic carbocycles. The van der Waals surface area contributed by atoms with Crippen LogP contribution in [0, 0.1) is 0 Å². The molecule has 0 aliphatic heterocycles. The summed E-state index contributed by atoms with van der Waals surface area (Å²) in [5.74, 6) is -1.45. The van der Waals surface area contributed by atoms with E-state index in [1.165, 1.54) is 161 Å². The molecule has 0 fully saturated rings. The quantitative estimate of drug-likeness (QED) is 0.0281. The molecule has 0 aliphatic carbocycles. The molecular formula is C56H104NO7+. The molecule has 8 heteroatoms. The Hall–Kier alpha value is -2.45. The summed E-state index contributed by atoms with van der Waals surface area (Å²) in [5, 5.41) is 9.66. The van der Waals surface area contributed by atoms with E-state index in [0.29, 0.717) is 19.3 Å². The van der Waals surface area contributed by atoms with Gasteiger partial charge in [0.05, 0.1) is 34.4 Å². The Morgan fingerprint density at radius 3 is 1.30 bits per heavy atom. The lowest BCUT2D eigenvalue weighted by atomic mass is 10.0. The minimum Gasteiger partial charge on any atom is -0.477 e. The van der Waals surface area contributed by atoms with Gasteiger partial charge in [0.1, 0.15) is 6.61 Å². The van der Waals surface area contributed by atoms with Crippen LogP contribution in [0.3, 0.4) is 0 Å². The second-order valence-electron chi connectivity index (χ2n) is 19.5. The number of esters is 2. The smallest absolute Gasteiger partial charge is 0.362 e. The molecule has 0 rings (SSSR count). The number of nitrogens with zero attached hydrogens (tertiary/aromatic N) is 1. The highest BCUT2D eigenvalue weighted by Crippen LogP contribution is 2.17. The number of unbranched alkanes of at least 4 members (excludes halogenated alkanes) is 29. The molecule has 1 N–H and O–H groups in total. The van der Waals surface area contributed by atoms with Gasteiger partial charge in [-0.2, -0.15) is 0 Å². The molecule has 0 radical (unpaired) electrons. The highest BCUT2D eigenvalue weighted by Gasteiger charge is 2.31. The molecule has 0 saturated heterocycles. The first kappa shape index (κ1) is 61.5. The van der Waals surface area contributed by atoms with Crippen molar-refractivity contribution in [3.05, 3.63) is 36.5 Å². The molecule has 2 unspecified atom stereocenters. The summed E-state index contributed by atoms with van der Waals surface area (Å²) in [4.78, 5) is 37.2. The van der Waals surface area contributed by atoms with Crippen LogP contribution in [0.2, 0.25) is 0 Å².